The minimum Gasteiger partial charge on any atom is -0.449 e. The maximum absolute atomic E-state index is 14.3. The predicted molar refractivity (Wildman–Crippen MR) is 291 cm³/mol. The number of aliphatic imine (C=N–C) groups is 1. The average molecular weight is 1060 g/mol. The number of fused-ring (bicyclic) bond motifs is 4. The molecule has 1 aliphatic carbocycles. The van der Waals surface area contributed by atoms with E-state index in [0.717, 1.165) is 26.8 Å². The molecule has 0 bridgehead atoms. The molecule has 0 spiro atoms. The number of hydrogen-bond acceptors (Lipinski definition) is 13. The van der Waals surface area contributed by atoms with Gasteiger partial charge in [0.05, 0.1) is 23.6 Å². The Bertz CT molecular complexity index is 2910. The zero-order chi connectivity index (χ0) is 55.0. The van der Waals surface area contributed by atoms with Crippen LogP contribution in [0.2, 0.25) is 0 Å². The molecule has 3 heterocycles. The molecule has 5 aromatic rings. The first kappa shape index (κ1) is 56.4. The van der Waals surface area contributed by atoms with Crippen LogP contribution < -0.4 is 54.2 Å². The third kappa shape index (κ3) is 14.5. The number of aromatic nitrogens is 4. The van der Waals surface area contributed by atoms with Crippen molar-refractivity contribution in [2.75, 3.05) is 57.8 Å². The zero-order valence-electron chi connectivity index (χ0n) is 43.8. The average Bonchev–Trinajstić information content (AvgIpc) is 4.14. The van der Waals surface area contributed by atoms with Gasteiger partial charge in [0.1, 0.15) is 37.3 Å². The predicted octanol–water partition coefficient (Wildman–Crippen LogP) is 1.35. The van der Waals surface area contributed by atoms with Crippen molar-refractivity contribution in [2.24, 2.45) is 28.1 Å². The maximum Gasteiger partial charge on any atom is 0.407 e. The number of ether oxygens (including phenoxy) is 1. The van der Waals surface area contributed by atoms with Crippen molar-refractivity contribution in [3.8, 4) is 11.1 Å². The molecule has 2 aromatic heterocycles. The van der Waals surface area contributed by atoms with Crippen molar-refractivity contribution in [1.29, 1.82) is 0 Å². The zero-order valence-corrected chi connectivity index (χ0v) is 43.8. The number of likely N-dealkylation sites (N-methyl/N-ethyl adjacent to an activating group) is 1. The summed E-state index contributed by atoms with van der Waals surface area (Å²) in [6, 6.07) is 17.4. The Morgan fingerprint density at radius 1 is 0.831 bits per heavy atom. The Morgan fingerprint density at radius 2 is 1.52 bits per heavy atom. The number of piperazine rings is 1. The highest BCUT2D eigenvalue weighted by Crippen LogP contribution is 2.44. The molecule has 1 saturated heterocycles. The normalized spacial score (nSPS) is 15.0. The SMILES string of the molecule is CC[C@H](C)[C@H](NC(=O)OCC1c2ccccc2-c2ccccc21)C(=O)N[C@@H](CCCCN)C(=O)N1CCN(c2ccc3ncn(CC(=O)N[C@@H](CCCN=C(N)N)C(=O)N[C@@H](Cc4cnc[nH]4)C(=O)NC)c(=O)c3c2)CC1. The molecule has 77 heavy (non-hydrogen) atoms. The molecule has 23 heteroatoms. The Labute approximate surface area is 446 Å². The fourth-order valence-electron chi connectivity index (χ4n) is 9.78. The Balaban J connectivity index is 0.970. The van der Waals surface area contributed by atoms with Gasteiger partial charge < -0.3 is 63.3 Å². The van der Waals surface area contributed by atoms with Gasteiger partial charge in [0.15, 0.2) is 5.96 Å². The van der Waals surface area contributed by atoms with Crippen LogP contribution in [-0.2, 0) is 41.7 Å². The van der Waals surface area contributed by atoms with Gasteiger partial charge >= 0.3 is 6.09 Å². The number of carbonyl (C=O) groups excluding carboxylic acids is 6. The van der Waals surface area contributed by atoms with Gasteiger partial charge in [-0.15, -0.1) is 0 Å². The molecule has 7 rings (SSSR count). The van der Waals surface area contributed by atoms with Gasteiger partial charge in [-0.3, -0.25) is 38.3 Å². The second-order valence-electron chi connectivity index (χ2n) is 19.4. The van der Waals surface area contributed by atoms with Crippen molar-refractivity contribution >= 4 is 58.2 Å². The summed E-state index contributed by atoms with van der Waals surface area (Å²) >= 11 is 0. The number of nitrogens with zero attached hydrogens (tertiary/aromatic N) is 6. The summed E-state index contributed by atoms with van der Waals surface area (Å²) < 4.78 is 6.96. The number of amides is 6. The van der Waals surface area contributed by atoms with Crippen LogP contribution in [0.25, 0.3) is 22.0 Å². The van der Waals surface area contributed by atoms with E-state index < -0.39 is 66.0 Å². The summed E-state index contributed by atoms with van der Waals surface area (Å²) in [6.45, 7) is 5.46. The van der Waals surface area contributed by atoms with Crippen molar-refractivity contribution in [2.45, 2.75) is 95.4 Å². The molecule has 6 amide bonds. The number of anilines is 1. The van der Waals surface area contributed by atoms with E-state index >= 15 is 0 Å². The molecule has 3 aromatic carbocycles. The summed E-state index contributed by atoms with van der Waals surface area (Å²) in [4.78, 5) is 115. The first-order chi connectivity index (χ1) is 37.2. The number of imidazole rings is 1. The molecule has 23 nitrogen and oxygen atoms in total. The van der Waals surface area contributed by atoms with Crippen molar-refractivity contribution < 1.29 is 33.5 Å². The number of rotatable bonds is 25. The van der Waals surface area contributed by atoms with Gasteiger partial charge in [-0.2, -0.15) is 0 Å². The molecule has 410 valence electrons. The van der Waals surface area contributed by atoms with Crippen LogP contribution in [0.15, 0.2) is 95.4 Å². The molecule has 1 fully saturated rings. The van der Waals surface area contributed by atoms with Crippen molar-refractivity contribution in [3.63, 3.8) is 0 Å². The van der Waals surface area contributed by atoms with Gasteiger partial charge in [-0.05, 0) is 85.0 Å². The molecular weight excluding hydrogens is 987 g/mol. The van der Waals surface area contributed by atoms with E-state index in [1.165, 1.54) is 25.9 Å². The lowest BCUT2D eigenvalue weighted by Crippen LogP contribution is -2.58. The van der Waals surface area contributed by atoms with E-state index in [0.29, 0.717) is 81.7 Å². The van der Waals surface area contributed by atoms with E-state index in [1.54, 1.807) is 17.0 Å². The third-order valence-corrected chi connectivity index (χ3v) is 14.2. The standard InChI is InChI=1S/C54H71N15O8/c1-4-33(2)47(66-54(76)77-30-41-38-14-7-5-12-36(38)37-13-6-8-15-39(37)41)50(73)64-44(16-9-10-20-55)52(75)68-24-22-67(23-25-68)35-18-19-42-40(27-35)51(74)69(32-62-42)29-46(70)63-43(17-11-21-60-53(56)57)49(72)65-45(48(71)58-3)26-34-28-59-31-61-34/h5-8,12-15,18-19,27-28,31-33,41,43-45,47H,4,9-11,16-17,20-26,29-30,55H2,1-3H3,(H,58,71)(H,59,61)(H,63,70)(H,64,73)(H,65,72)(H,66,76)(H4,56,57,60)/t33-,43-,44-,45-,47-/m0/s1. The van der Waals surface area contributed by atoms with Gasteiger partial charge in [-0.1, -0.05) is 68.8 Å². The van der Waals surface area contributed by atoms with Crippen LogP contribution in [0.3, 0.4) is 0 Å². The number of benzene rings is 3. The van der Waals surface area contributed by atoms with Gasteiger partial charge in [-0.25, -0.2) is 14.8 Å². The van der Waals surface area contributed by atoms with Crippen LogP contribution in [0.4, 0.5) is 10.5 Å². The highest BCUT2D eigenvalue weighted by Gasteiger charge is 2.35. The fraction of sp³-hybridized carbons (Fsp3) is 0.444. The lowest BCUT2D eigenvalue weighted by molar-refractivity contribution is -0.137. The minimum absolute atomic E-state index is 0.0847. The Kier molecular flexibility index (Phi) is 19.7. The molecule has 0 unspecified atom stereocenters. The Hall–Kier alpha value is -8.34. The number of carbonyl (C=O) groups is 6. The monoisotopic (exact) mass is 1060 g/mol. The number of guanidine groups is 1. The Morgan fingerprint density at radius 3 is 2.17 bits per heavy atom. The van der Waals surface area contributed by atoms with Crippen LogP contribution >= 0.6 is 0 Å². The van der Waals surface area contributed by atoms with Crippen LogP contribution in [0, 0.1) is 5.92 Å². The molecule has 2 aliphatic rings. The van der Waals surface area contributed by atoms with Crippen LogP contribution in [0.1, 0.15) is 75.1 Å². The highest BCUT2D eigenvalue weighted by molar-refractivity contribution is 5.93. The fourth-order valence-corrected chi connectivity index (χ4v) is 9.78. The molecule has 5 atom stereocenters. The van der Waals surface area contributed by atoms with Crippen molar-refractivity contribution in [1.82, 2.24) is 51.0 Å². The second kappa shape index (κ2) is 26.9. The molecule has 12 N–H and O–H groups in total. The van der Waals surface area contributed by atoms with Gasteiger partial charge in [0, 0.05) is 69.7 Å². The van der Waals surface area contributed by atoms with E-state index in [-0.39, 0.29) is 55.1 Å². The van der Waals surface area contributed by atoms with E-state index in [4.69, 9.17) is 21.9 Å². The number of nitrogens with two attached hydrogens (primary N) is 3. The molecule has 0 radical (unpaired) electrons. The summed E-state index contributed by atoms with van der Waals surface area (Å²) in [7, 11) is 1.44. The smallest absolute Gasteiger partial charge is 0.407 e. The van der Waals surface area contributed by atoms with E-state index in [1.807, 2.05) is 61.2 Å². The topological polar surface area (TPSA) is 332 Å². The highest BCUT2D eigenvalue weighted by atomic mass is 16.5. The van der Waals surface area contributed by atoms with E-state index in [2.05, 4.69) is 58.7 Å². The number of aromatic amines is 1. The number of nitrogens with one attached hydrogen (secondary N) is 6. The number of alkyl carbamates (subject to hydrolysis) is 1. The summed E-state index contributed by atoms with van der Waals surface area (Å²) in [5.74, 6) is -3.05. The number of H-pyrrole nitrogens is 1. The maximum atomic E-state index is 14.3. The lowest BCUT2D eigenvalue weighted by Gasteiger charge is -2.38. The minimum atomic E-state index is -1.12. The van der Waals surface area contributed by atoms with E-state index in [9.17, 15) is 33.6 Å². The second-order valence-corrected chi connectivity index (χ2v) is 19.4. The summed E-state index contributed by atoms with van der Waals surface area (Å²) in [6.07, 6.45) is 6.22. The third-order valence-electron chi connectivity index (χ3n) is 14.2. The number of unbranched alkanes of at least 4 members (excludes halogenated alkanes) is 1. The first-order valence-electron chi connectivity index (χ1n) is 26.2. The van der Waals surface area contributed by atoms with Gasteiger partial charge in [0.2, 0.25) is 29.5 Å². The summed E-state index contributed by atoms with van der Waals surface area (Å²) in [5, 5.41) is 14.0. The van der Waals surface area contributed by atoms with Crippen LogP contribution in [0.5, 0.6) is 0 Å². The number of hydrogen-bond donors (Lipinski definition) is 9. The first-order valence-corrected chi connectivity index (χ1v) is 26.2. The lowest BCUT2D eigenvalue weighted by atomic mass is 9.97. The van der Waals surface area contributed by atoms with Gasteiger partial charge in [0.25, 0.3) is 5.56 Å². The molecular formula is C54H71N15O8. The van der Waals surface area contributed by atoms with Crippen molar-refractivity contribution in [3.05, 3.63) is 113 Å². The summed E-state index contributed by atoms with van der Waals surface area (Å²) in [5.41, 5.74) is 22.4. The quantitative estimate of drug-likeness (QED) is 0.0227. The largest absolute Gasteiger partial charge is 0.449 e. The van der Waals surface area contributed by atoms with Crippen LogP contribution in [-0.4, -0.2) is 143 Å². The molecule has 1 aliphatic heterocycles. The molecule has 0 saturated carbocycles.